The van der Waals surface area contributed by atoms with E-state index in [9.17, 15) is 4.79 Å². The molecule has 0 aliphatic heterocycles. The molecule has 0 aliphatic rings. The zero-order valence-corrected chi connectivity index (χ0v) is 15.5. The molecule has 7 heteroatoms. The average Bonchev–Trinajstić information content (AvgIpc) is 3.22. The maximum atomic E-state index is 12.6. The number of nitrogens with one attached hydrogen (secondary N) is 1. The summed E-state index contributed by atoms with van der Waals surface area (Å²) in [5, 5.41) is 8.15. The molecule has 3 rings (SSSR count). The molecule has 0 aromatic carbocycles. The second kappa shape index (κ2) is 7.74. The number of aromatic nitrogens is 3. The van der Waals surface area contributed by atoms with Gasteiger partial charge in [0.25, 0.3) is 5.91 Å². The van der Waals surface area contributed by atoms with Gasteiger partial charge < -0.3 is 9.73 Å². The number of fused-ring (bicyclic) bond motifs is 1. The number of nitrogens with zero attached hydrogens (tertiary/aromatic N) is 3. The topological polar surface area (TPSA) is 73.0 Å². The van der Waals surface area contributed by atoms with E-state index in [4.69, 9.17) is 4.42 Å². The van der Waals surface area contributed by atoms with Gasteiger partial charge in [0, 0.05) is 24.0 Å². The van der Waals surface area contributed by atoms with Crippen molar-refractivity contribution in [1.29, 1.82) is 0 Å². The van der Waals surface area contributed by atoms with Gasteiger partial charge in [-0.2, -0.15) is 16.9 Å². The van der Waals surface area contributed by atoms with E-state index in [0.29, 0.717) is 12.1 Å². The summed E-state index contributed by atoms with van der Waals surface area (Å²) >= 11 is 1.73. The first-order chi connectivity index (χ1) is 12.1. The number of rotatable bonds is 7. The molecule has 3 aromatic heterocycles. The monoisotopic (exact) mass is 358 g/mol. The van der Waals surface area contributed by atoms with Crippen molar-refractivity contribution < 1.29 is 9.21 Å². The smallest absolute Gasteiger partial charge is 0.252 e. The fourth-order valence-corrected chi connectivity index (χ4v) is 3.36. The van der Waals surface area contributed by atoms with Gasteiger partial charge >= 0.3 is 0 Å². The van der Waals surface area contributed by atoms with Crippen molar-refractivity contribution in [2.45, 2.75) is 32.6 Å². The van der Waals surface area contributed by atoms with Crippen molar-refractivity contribution >= 4 is 28.7 Å². The fourth-order valence-electron chi connectivity index (χ4n) is 2.61. The third kappa shape index (κ3) is 4.04. The second-order valence-electron chi connectivity index (χ2n) is 6.12. The number of pyridine rings is 1. The summed E-state index contributed by atoms with van der Waals surface area (Å²) in [6.07, 6.45) is 3.40. The Labute approximate surface area is 151 Å². The van der Waals surface area contributed by atoms with Crippen molar-refractivity contribution in [3.63, 3.8) is 0 Å². The number of furan rings is 1. The molecule has 0 spiro atoms. The molecular weight excluding hydrogens is 336 g/mol. The van der Waals surface area contributed by atoms with Gasteiger partial charge in [0.05, 0.1) is 29.2 Å². The molecule has 3 heterocycles. The molecule has 6 nitrogen and oxygen atoms in total. The van der Waals surface area contributed by atoms with Gasteiger partial charge in [-0.15, -0.1) is 0 Å². The van der Waals surface area contributed by atoms with Crippen molar-refractivity contribution in [3.8, 4) is 0 Å². The minimum Gasteiger partial charge on any atom is -0.468 e. The highest BCUT2D eigenvalue weighted by atomic mass is 32.2. The Balaban J connectivity index is 1.63. The molecule has 0 bridgehead atoms. The molecule has 1 amide bonds. The third-order valence-corrected chi connectivity index (χ3v) is 4.77. The quantitative estimate of drug-likeness (QED) is 0.654. The van der Waals surface area contributed by atoms with E-state index in [2.05, 4.69) is 15.4 Å². The molecule has 0 radical (unpaired) electrons. The molecule has 0 atom stereocenters. The SMILES string of the molecule is Cc1cc(C(=O)NCCSCc2ccco2)c2cnn(C(C)C)c2n1. The zero-order valence-electron chi connectivity index (χ0n) is 14.7. The van der Waals surface area contributed by atoms with Gasteiger partial charge in [-0.1, -0.05) is 0 Å². The minimum atomic E-state index is -0.0857. The molecule has 0 aliphatic carbocycles. The highest BCUT2D eigenvalue weighted by molar-refractivity contribution is 7.98. The minimum absolute atomic E-state index is 0.0857. The van der Waals surface area contributed by atoms with Gasteiger partial charge in [0.2, 0.25) is 0 Å². The van der Waals surface area contributed by atoms with Gasteiger partial charge in [-0.3, -0.25) is 4.79 Å². The van der Waals surface area contributed by atoms with Gasteiger partial charge in [-0.05, 0) is 39.0 Å². The Bertz CT molecular complexity index is 855. The predicted molar refractivity (Wildman–Crippen MR) is 99.9 cm³/mol. The van der Waals surface area contributed by atoms with Crippen LogP contribution in [-0.4, -0.2) is 33.0 Å². The third-order valence-electron chi connectivity index (χ3n) is 3.78. The molecule has 0 fully saturated rings. The highest BCUT2D eigenvalue weighted by Gasteiger charge is 2.16. The number of aryl methyl sites for hydroxylation is 1. The van der Waals surface area contributed by atoms with Gasteiger partial charge in [-0.25, -0.2) is 9.67 Å². The summed E-state index contributed by atoms with van der Waals surface area (Å²) < 4.78 is 7.13. The first-order valence-corrected chi connectivity index (χ1v) is 9.45. The molecule has 0 saturated carbocycles. The van der Waals surface area contributed by atoms with Crippen LogP contribution >= 0.6 is 11.8 Å². The van der Waals surface area contributed by atoms with Gasteiger partial charge in [0.15, 0.2) is 5.65 Å². The van der Waals surface area contributed by atoms with Crippen LogP contribution in [0.1, 0.15) is 41.7 Å². The van der Waals surface area contributed by atoms with Crippen LogP contribution in [0, 0.1) is 6.92 Å². The number of hydrogen-bond acceptors (Lipinski definition) is 5. The molecule has 25 heavy (non-hydrogen) atoms. The van der Waals surface area contributed by atoms with Crippen LogP contribution in [-0.2, 0) is 5.75 Å². The lowest BCUT2D eigenvalue weighted by Gasteiger charge is -2.09. The lowest BCUT2D eigenvalue weighted by molar-refractivity contribution is 0.0957. The van der Waals surface area contributed by atoms with E-state index in [1.54, 1.807) is 24.2 Å². The van der Waals surface area contributed by atoms with Crippen LogP contribution in [0.25, 0.3) is 11.0 Å². The van der Waals surface area contributed by atoms with E-state index < -0.39 is 0 Å². The maximum Gasteiger partial charge on any atom is 0.252 e. The van der Waals surface area contributed by atoms with Crippen LogP contribution in [0.4, 0.5) is 0 Å². The summed E-state index contributed by atoms with van der Waals surface area (Å²) in [4.78, 5) is 17.1. The van der Waals surface area contributed by atoms with Crippen LogP contribution in [0.2, 0.25) is 0 Å². The van der Waals surface area contributed by atoms with Crippen molar-refractivity contribution in [2.24, 2.45) is 0 Å². The van der Waals surface area contributed by atoms with E-state index >= 15 is 0 Å². The van der Waals surface area contributed by atoms with Crippen LogP contribution < -0.4 is 5.32 Å². The van der Waals surface area contributed by atoms with Crippen LogP contribution in [0.3, 0.4) is 0 Å². The summed E-state index contributed by atoms with van der Waals surface area (Å²) in [6.45, 7) is 6.59. The van der Waals surface area contributed by atoms with Crippen molar-refractivity contribution in [1.82, 2.24) is 20.1 Å². The van der Waals surface area contributed by atoms with Gasteiger partial charge in [0.1, 0.15) is 5.76 Å². The first kappa shape index (κ1) is 17.5. The van der Waals surface area contributed by atoms with E-state index in [1.807, 2.05) is 43.7 Å². The largest absolute Gasteiger partial charge is 0.468 e. The summed E-state index contributed by atoms with van der Waals surface area (Å²) in [5.41, 5.74) is 2.20. The number of carbonyl (C=O) groups excluding carboxylic acids is 1. The van der Waals surface area contributed by atoms with Crippen molar-refractivity contribution in [2.75, 3.05) is 12.3 Å². The Morgan fingerprint density at radius 1 is 1.44 bits per heavy atom. The highest BCUT2D eigenvalue weighted by Crippen LogP contribution is 2.21. The van der Waals surface area contributed by atoms with E-state index in [0.717, 1.165) is 34.0 Å². The Morgan fingerprint density at radius 2 is 2.28 bits per heavy atom. The summed E-state index contributed by atoms with van der Waals surface area (Å²) in [6, 6.07) is 5.85. The summed E-state index contributed by atoms with van der Waals surface area (Å²) in [7, 11) is 0. The lowest BCUT2D eigenvalue weighted by atomic mass is 10.1. The predicted octanol–water partition coefficient (Wildman–Crippen LogP) is 3.58. The van der Waals surface area contributed by atoms with E-state index in [1.165, 1.54) is 0 Å². The Kier molecular flexibility index (Phi) is 5.43. The second-order valence-corrected chi connectivity index (χ2v) is 7.22. The fraction of sp³-hybridized carbons (Fsp3) is 0.389. The maximum absolute atomic E-state index is 12.6. The standard InChI is InChI=1S/C18H22N4O2S/c1-12(2)22-17-16(10-20-22)15(9-13(3)21-17)18(23)19-6-8-25-11-14-5-4-7-24-14/h4-5,7,9-10,12H,6,8,11H2,1-3H3,(H,19,23). The number of thioether (sulfide) groups is 1. The Morgan fingerprint density at radius 3 is 3.00 bits per heavy atom. The van der Waals surface area contributed by atoms with Crippen LogP contribution in [0.5, 0.6) is 0 Å². The zero-order chi connectivity index (χ0) is 17.8. The normalized spacial score (nSPS) is 11.4. The number of carbonyl (C=O) groups is 1. The molecular formula is C18H22N4O2S. The molecule has 0 saturated heterocycles. The number of hydrogen-bond donors (Lipinski definition) is 1. The lowest BCUT2D eigenvalue weighted by Crippen LogP contribution is -2.26. The molecule has 1 N–H and O–H groups in total. The van der Waals surface area contributed by atoms with Crippen molar-refractivity contribution in [3.05, 3.63) is 47.7 Å². The first-order valence-electron chi connectivity index (χ1n) is 8.29. The van der Waals surface area contributed by atoms with E-state index in [-0.39, 0.29) is 11.9 Å². The Hall–Kier alpha value is -2.28. The molecule has 3 aromatic rings. The average molecular weight is 358 g/mol. The summed E-state index contributed by atoms with van der Waals surface area (Å²) in [5.74, 6) is 2.49. The number of amides is 1. The molecule has 132 valence electrons. The van der Waals surface area contributed by atoms with Crippen LogP contribution in [0.15, 0.2) is 35.1 Å². The molecule has 0 unspecified atom stereocenters.